The summed E-state index contributed by atoms with van der Waals surface area (Å²) in [6.45, 7) is 3.24. The van der Waals surface area contributed by atoms with Gasteiger partial charge in [-0.1, -0.05) is 23.2 Å². The van der Waals surface area contributed by atoms with Crippen LogP contribution in [-0.2, 0) is 4.74 Å². The first-order chi connectivity index (χ1) is 11.1. The van der Waals surface area contributed by atoms with Crippen LogP contribution in [0.1, 0.15) is 10.4 Å². The Morgan fingerprint density at radius 1 is 1.04 bits per heavy atom. The molecule has 120 valence electrons. The highest BCUT2D eigenvalue weighted by molar-refractivity contribution is 6.36. The number of morpholine rings is 1. The predicted octanol–water partition coefficient (Wildman–Crippen LogP) is 4.08. The Balaban J connectivity index is 1.70. The van der Waals surface area contributed by atoms with E-state index in [-0.39, 0.29) is 5.91 Å². The number of carbonyl (C=O) groups excluding carboxylic acids is 1. The fraction of sp³-hybridized carbons (Fsp3) is 0.235. The first-order valence-corrected chi connectivity index (χ1v) is 8.08. The number of benzene rings is 2. The number of ether oxygens (including phenoxy) is 1. The number of halogens is 2. The number of rotatable bonds is 3. The van der Waals surface area contributed by atoms with Crippen molar-refractivity contribution in [2.24, 2.45) is 0 Å². The molecule has 0 radical (unpaired) electrons. The number of nitrogens with one attached hydrogen (secondary N) is 1. The molecule has 3 rings (SSSR count). The van der Waals surface area contributed by atoms with E-state index in [1.54, 1.807) is 18.2 Å². The van der Waals surface area contributed by atoms with Gasteiger partial charge in [-0.2, -0.15) is 0 Å². The number of hydrogen-bond acceptors (Lipinski definition) is 3. The van der Waals surface area contributed by atoms with Crippen molar-refractivity contribution in [3.63, 3.8) is 0 Å². The monoisotopic (exact) mass is 350 g/mol. The van der Waals surface area contributed by atoms with Crippen LogP contribution in [0.5, 0.6) is 0 Å². The lowest BCUT2D eigenvalue weighted by Crippen LogP contribution is -2.36. The first-order valence-electron chi connectivity index (χ1n) is 7.32. The molecular formula is C17H16Cl2N2O2. The Morgan fingerprint density at radius 2 is 1.74 bits per heavy atom. The molecule has 2 aromatic carbocycles. The first kappa shape index (κ1) is 16.1. The molecule has 2 aromatic rings. The Labute approximate surface area is 144 Å². The van der Waals surface area contributed by atoms with Gasteiger partial charge in [-0.15, -0.1) is 0 Å². The second-order valence-corrected chi connectivity index (χ2v) is 6.07. The van der Waals surface area contributed by atoms with Gasteiger partial charge in [0.15, 0.2) is 0 Å². The number of anilines is 2. The lowest BCUT2D eigenvalue weighted by Gasteiger charge is -2.28. The van der Waals surface area contributed by atoms with Gasteiger partial charge in [0, 0.05) is 29.5 Å². The maximum absolute atomic E-state index is 12.3. The van der Waals surface area contributed by atoms with E-state index in [0.717, 1.165) is 32.0 Å². The fourth-order valence-electron chi connectivity index (χ4n) is 2.45. The van der Waals surface area contributed by atoms with Crippen LogP contribution >= 0.6 is 23.2 Å². The minimum absolute atomic E-state index is 0.281. The van der Waals surface area contributed by atoms with Crippen LogP contribution in [0, 0.1) is 0 Å². The molecule has 0 spiro atoms. The summed E-state index contributed by atoms with van der Waals surface area (Å²) in [6, 6.07) is 12.5. The van der Waals surface area contributed by atoms with Crippen molar-refractivity contribution in [3.05, 3.63) is 58.1 Å². The van der Waals surface area contributed by atoms with Crippen LogP contribution in [-0.4, -0.2) is 32.2 Å². The molecule has 0 aliphatic carbocycles. The highest BCUT2D eigenvalue weighted by Gasteiger charge is 2.13. The summed E-state index contributed by atoms with van der Waals surface area (Å²) in [5.74, 6) is -0.281. The SMILES string of the molecule is O=C(Nc1ccc(N2CCOCC2)cc1)c1cc(Cl)ccc1Cl. The molecule has 0 aromatic heterocycles. The molecule has 1 N–H and O–H groups in total. The summed E-state index contributed by atoms with van der Waals surface area (Å²) in [5.41, 5.74) is 2.19. The maximum atomic E-state index is 12.3. The van der Waals surface area contributed by atoms with Gasteiger partial charge >= 0.3 is 0 Å². The third-order valence-corrected chi connectivity index (χ3v) is 4.24. The van der Waals surface area contributed by atoms with Gasteiger partial charge in [0.1, 0.15) is 0 Å². The average Bonchev–Trinajstić information content (AvgIpc) is 2.58. The van der Waals surface area contributed by atoms with E-state index < -0.39 is 0 Å². The molecule has 1 aliphatic heterocycles. The second kappa shape index (κ2) is 7.21. The molecular weight excluding hydrogens is 335 g/mol. The van der Waals surface area contributed by atoms with Crippen molar-refractivity contribution in [2.45, 2.75) is 0 Å². The van der Waals surface area contributed by atoms with Crippen molar-refractivity contribution in [3.8, 4) is 0 Å². The van der Waals surface area contributed by atoms with Crippen LogP contribution in [0.3, 0.4) is 0 Å². The maximum Gasteiger partial charge on any atom is 0.257 e. The van der Waals surface area contributed by atoms with Gasteiger partial charge in [0.25, 0.3) is 5.91 Å². The molecule has 1 saturated heterocycles. The minimum atomic E-state index is -0.281. The van der Waals surface area contributed by atoms with E-state index in [1.807, 2.05) is 24.3 Å². The number of carbonyl (C=O) groups is 1. The number of hydrogen-bond donors (Lipinski definition) is 1. The smallest absolute Gasteiger partial charge is 0.257 e. The number of amides is 1. The lowest BCUT2D eigenvalue weighted by atomic mass is 10.2. The highest BCUT2D eigenvalue weighted by Crippen LogP contribution is 2.23. The summed E-state index contributed by atoms with van der Waals surface area (Å²) in [5, 5.41) is 3.68. The molecule has 1 amide bonds. The zero-order valence-corrected chi connectivity index (χ0v) is 13.9. The molecule has 0 saturated carbocycles. The molecule has 1 heterocycles. The summed E-state index contributed by atoms with van der Waals surface area (Å²) in [7, 11) is 0. The second-order valence-electron chi connectivity index (χ2n) is 5.22. The molecule has 0 atom stereocenters. The van der Waals surface area contributed by atoms with E-state index in [1.165, 1.54) is 0 Å². The zero-order valence-electron chi connectivity index (χ0n) is 12.4. The van der Waals surface area contributed by atoms with Gasteiger partial charge in [0.2, 0.25) is 0 Å². The standard InChI is InChI=1S/C17H16Cl2N2O2/c18-12-1-6-16(19)15(11-12)17(22)20-13-2-4-14(5-3-13)21-7-9-23-10-8-21/h1-6,11H,7-10H2,(H,20,22). The normalized spacial score (nSPS) is 14.6. The lowest BCUT2D eigenvalue weighted by molar-refractivity contribution is 0.102. The van der Waals surface area contributed by atoms with Crippen LogP contribution in [0.2, 0.25) is 10.0 Å². The quantitative estimate of drug-likeness (QED) is 0.906. The Hall–Kier alpha value is -1.75. The zero-order chi connectivity index (χ0) is 16.2. The van der Waals surface area contributed by atoms with E-state index in [9.17, 15) is 4.79 Å². The van der Waals surface area contributed by atoms with Gasteiger partial charge in [-0.05, 0) is 42.5 Å². The summed E-state index contributed by atoms with van der Waals surface area (Å²) >= 11 is 12.0. The molecule has 1 aliphatic rings. The Morgan fingerprint density at radius 3 is 2.43 bits per heavy atom. The fourth-order valence-corrected chi connectivity index (χ4v) is 2.82. The van der Waals surface area contributed by atoms with E-state index in [0.29, 0.717) is 21.3 Å². The average molecular weight is 351 g/mol. The van der Waals surface area contributed by atoms with Crippen LogP contribution in [0.4, 0.5) is 11.4 Å². The van der Waals surface area contributed by atoms with Crippen molar-refractivity contribution in [2.75, 3.05) is 36.5 Å². The summed E-state index contributed by atoms with van der Waals surface area (Å²) in [4.78, 5) is 14.5. The molecule has 0 unspecified atom stereocenters. The van der Waals surface area contributed by atoms with E-state index >= 15 is 0 Å². The van der Waals surface area contributed by atoms with Crippen molar-refractivity contribution in [1.82, 2.24) is 0 Å². The van der Waals surface area contributed by atoms with Crippen LogP contribution < -0.4 is 10.2 Å². The molecule has 4 nitrogen and oxygen atoms in total. The van der Waals surface area contributed by atoms with Crippen molar-refractivity contribution < 1.29 is 9.53 Å². The Bertz CT molecular complexity index is 698. The summed E-state index contributed by atoms with van der Waals surface area (Å²) in [6.07, 6.45) is 0. The molecule has 6 heteroatoms. The van der Waals surface area contributed by atoms with Gasteiger partial charge in [0.05, 0.1) is 23.8 Å². The van der Waals surface area contributed by atoms with Gasteiger partial charge in [-0.25, -0.2) is 0 Å². The van der Waals surface area contributed by atoms with Crippen LogP contribution in [0.15, 0.2) is 42.5 Å². The largest absolute Gasteiger partial charge is 0.378 e. The van der Waals surface area contributed by atoms with Crippen LogP contribution in [0.25, 0.3) is 0 Å². The third-order valence-electron chi connectivity index (χ3n) is 3.67. The topological polar surface area (TPSA) is 41.6 Å². The molecule has 1 fully saturated rings. The molecule has 0 bridgehead atoms. The van der Waals surface area contributed by atoms with E-state index in [2.05, 4.69) is 10.2 Å². The van der Waals surface area contributed by atoms with Gasteiger partial charge in [-0.3, -0.25) is 4.79 Å². The summed E-state index contributed by atoms with van der Waals surface area (Å²) < 4.78 is 5.35. The third kappa shape index (κ3) is 3.96. The van der Waals surface area contributed by atoms with Gasteiger partial charge < -0.3 is 15.0 Å². The van der Waals surface area contributed by atoms with Crippen molar-refractivity contribution >= 4 is 40.5 Å². The van der Waals surface area contributed by atoms with E-state index in [4.69, 9.17) is 27.9 Å². The van der Waals surface area contributed by atoms with Crippen molar-refractivity contribution in [1.29, 1.82) is 0 Å². The predicted molar refractivity (Wildman–Crippen MR) is 93.9 cm³/mol. The highest BCUT2D eigenvalue weighted by atomic mass is 35.5. The Kier molecular flexibility index (Phi) is 5.06. The molecule has 23 heavy (non-hydrogen) atoms. The number of nitrogens with zero attached hydrogens (tertiary/aromatic N) is 1. The minimum Gasteiger partial charge on any atom is -0.378 e.